The highest BCUT2D eigenvalue weighted by atomic mass is 16.2. The van der Waals surface area contributed by atoms with E-state index < -0.39 is 0 Å². The van der Waals surface area contributed by atoms with Crippen LogP contribution in [0.1, 0.15) is 44.6 Å². The molecule has 1 aromatic rings. The number of nitrogens with zero attached hydrogens (tertiary/aromatic N) is 3. The fourth-order valence-corrected chi connectivity index (χ4v) is 3.75. The predicted octanol–water partition coefficient (Wildman–Crippen LogP) is 3.14. The van der Waals surface area contributed by atoms with Crippen molar-refractivity contribution >= 4 is 17.9 Å². The van der Waals surface area contributed by atoms with Crippen LogP contribution in [0.5, 0.6) is 0 Å². The third kappa shape index (κ3) is 5.84. The number of carbonyl (C=O) groups excluding carboxylic acids is 1. The second kappa shape index (κ2) is 10.1. The van der Waals surface area contributed by atoms with Crippen LogP contribution in [0.4, 0.5) is 0 Å². The smallest absolute Gasteiger partial charge is 0.222 e. The summed E-state index contributed by atoms with van der Waals surface area (Å²) in [5.41, 5.74) is 2.80. The van der Waals surface area contributed by atoms with E-state index in [1.807, 2.05) is 4.90 Å². The predicted molar refractivity (Wildman–Crippen MR) is 112 cm³/mol. The van der Waals surface area contributed by atoms with Gasteiger partial charge in [-0.1, -0.05) is 42.0 Å². The Labute approximate surface area is 163 Å². The minimum Gasteiger partial charge on any atom is -0.357 e. The largest absolute Gasteiger partial charge is 0.357 e. The van der Waals surface area contributed by atoms with Gasteiger partial charge >= 0.3 is 0 Å². The van der Waals surface area contributed by atoms with Crippen molar-refractivity contribution in [1.82, 2.24) is 15.1 Å². The van der Waals surface area contributed by atoms with Gasteiger partial charge < -0.3 is 15.1 Å². The monoisotopic (exact) mass is 368 g/mol. The van der Waals surface area contributed by atoms with E-state index >= 15 is 0 Å². The molecule has 0 saturated carbocycles. The van der Waals surface area contributed by atoms with Gasteiger partial charge in [0.15, 0.2) is 5.96 Å². The summed E-state index contributed by atoms with van der Waals surface area (Å²) in [5.74, 6) is 1.32. The van der Waals surface area contributed by atoms with Crippen molar-refractivity contribution in [2.75, 3.05) is 39.3 Å². The van der Waals surface area contributed by atoms with Gasteiger partial charge in [0.2, 0.25) is 5.91 Å². The summed E-state index contributed by atoms with van der Waals surface area (Å²) >= 11 is 0. The van der Waals surface area contributed by atoms with E-state index in [1.165, 1.54) is 11.1 Å². The molecule has 2 fully saturated rings. The lowest BCUT2D eigenvalue weighted by atomic mass is 10.0. The molecule has 3 rings (SSSR count). The normalized spacial score (nSPS) is 18.2. The van der Waals surface area contributed by atoms with E-state index in [-0.39, 0.29) is 0 Å². The number of guanidine groups is 1. The topological polar surface area (TPSA) is 47.9 Å². The van der Waals surface area contributed by atoms with Gasteiger partial charge in [0.05, 0.1) is 0 Å². The molecule has 5 nitrogen and oxygen atoms in total. The molecule has 2 saturated heterocycles. The van der Waals surface area contributed by atoms with Gasteiger partial charge in [0.1, 0.15) is 0 Å². The standard InChI is InChI=1S/C22H32N4O/c1-2-23-22(24-13-7-15-25-14-6-10-21(25)27)26-16-11-20(12-17-26)18-19-8-4-3-5-9-19/h3-5,8-9,18H,2,6-7,10-17H2,1H3,(H,23,24). The molecule has 0 radical (unpaired) electrons. The van der Waals surface area contributed by atoms with Crippen LogP contribution in [0.3, 0.4) is 0 Å². The fraction of sp³-hybridized carbons (Fsp3) is 0.545. The van der Waals surface area contributed by atoms with Crippen LogP contribution >= 0.6 is 0 Å². The molecule has 0 aliphatic carbocycles. The van der Waals surface area contributed by atoms with Crippen molar-refractivity contribution in [2.24, 2.45) is 4.99 Å². The number of rotatable bonds is 6. The molecular formula is C22H32N4O. The highest BCUT2D eigenvalue weighted by molar-refractivity contribution is 5.80. The SMILES string of the molecule is CCNC(=NCCCN1CCCC1=O)N1CCC(=Cc2ccccc2)CC1. The number of hydrogen-bond acceptors (Lipinski definition) is 2. The Morgan fingerprint density at radius 1 is 1.15 bits per heavy atom. The van der Waals surface area contributed by atoms with Crippen LogP contribution in [0, 0.1) is 0 Å². The molecule has 2 aliphatic heterocycles. The zero-order valence-corrected chi connectivity index (χ0v) is 16.5. The number of piperidine rings is 1. The molecule has 5 heteroatoms. The maximum absolute atomic E-state index is 11.7. The van der Waals surface area contributed by atoms with E-state index in [2.05, 4.69) is 53.5 Å². The van der Waals surface area contributed by atoms with Crippen molar-refractivity contribution in [2.45, 2.75) is 39.0 Å². The molecule has 1 aromatic carbocycles. The molecule has 0 atom stereocenters. The van der Waals surface area contributed by atoms with Crippen LogP contribution in [0.2, 0.25) is 0 Å². The average Bonchev–Trinajstić information content (AvgIpc) is 3.11. The van der Waals surface area contributed by atoms with Gasteiger partial charge in [0, 0.05) is 45.7 Å². The van der Waals surface area contributed by atoms with Gasteiger partial charge in [-0.2, -0.15) is 0 Å². The molecule has 2 aliphatic rings. The lowest BCUT2D eigenvalue weighted by Gasteiger charge is -2.31. The minimum absolute atomic E-state index is 0.305. The second-order valence-corrected chi connectivity index (χ2v) is 7.27. The highest BCUT2D eigenvalue weighted by Crippen LogP contribution is 2.19. The summed E-state index contributed by atoms with van der Waals surface area (Å²) in [4.78, 5) is 20.8. The molecule has 1 N–H and O–H groups in total. The Morgan fingerprint density at radius 2 is 1.93 bits per heavy atom. The van der Waals surface area contributed by atoms with Crippen molar-refractivity contribution in [3.63, 3.8) is 0 Å². The summed E-state index contributed by atoms with van der Waals surface area (Å²) < 4.78 is 0. The average molecular weight is 369 g/mol. The Kier molecular flexibility index (Phi) is 7.31. The number of benzene rings is 1. The first-order valence-electron chi connectivity index (χ1n) is 10.3. The molecule has 146 valence electrons. The van der Waals surface area contributed by atoms with Crippen molar-refractivity contribution in [1.29, 1.82) is 0 Å². The molecule has 0 bridgehead atoms. The summed E-state index contributed by atoms with van der Waals surface area (Å²) in [7, 11) is 0. The fourth-order valence-electron chi connectivity index (χ4n) is 3.75. The molecule has 0 aromatic heterocycles. The van der Waals surface area contributed by atoms with Crippen molar-refractivity contribution < 1.29 is 4.79 Å². The third-order valence-corrected chi connectivity index (χ3v) is 5.23. The first-order valence-corrected chi connectivity index (χ1v) is 10.3. The minimum atomic E-state index is 0.305. The molecule has 27 heavy (non-hydrogen) atoms. The van der Waals surface area contributed by atoms with Gasteiger partial charge in [-0.3, -0.25) is 9.79 Å². The maximum atomic E-state index is 11.7. The molecule has 2 heterocycles. The van der Waals surface area contributed by atoms with E-state index in [0.717, 1.165) is 77.3 Å². The van der Waals surface area contributed by atoms with Gasteiger partial charge in [-0.05, 0) is 38.2 Å². The molecule has 0 spiro atoms. The van der Waals surface area contributed by atoms with E-state index in [1.54, 1.807) is 0 Å². The number of carbonyl (C=O) groups is 1. The number of likely N-dealkylation sites (tertiary alicyclic amines) is 2. The van der Waals surface area contributed by atoms with Crippen LogP contribution in [0.25, 0.3) is 6.08 Å². The molecular weight excluding hydrogens is 336 g/mol. The third-order valence-electron chi connectivity index (χ3n) is 5.23. The van der Waals surface area contributed by atoms with Crippen LogP contribution in [-0.4, -0.2) is 60.9 Å². The lowest BCUT2D eigenvalue weighted by molar-refractivity contribution is -0.127. The first-order chi connectivity index (χ1) is 13.3. The zero-order chi connectivity index (χ0) is 18.9. The van der Waals surface area contributed by atoms with Gasteiger partial charge in [-0.15, -0.1) is 0 Å². The Bertz CT molecular complexity index is 658. The Morgan fingerprint density at radius 3 is 2.59 bits per heavy atom. The summed E-state index contributed by atoms with van der Waals surface area (Å²) in [6.45, 7) is 7.55. The molecule has 1 amide bonds. The quantitative estimate of drug-likeness (QED) is 0.477. The van der Waals surface area contributed by atoms with Gasteiger partial charge in [-0.25, -0.2) is 0 Å². The summed E-state index contributed by atoms with van der Waals surface area (Å²) in [5, 5.41) is 3.43. The maximum Gasteiger partial charge on any atom is 0.222 e. The van der Waals surface area contributed by atoms with E-state index in [0.29, 0.717) is 5.91 Å². The lowest BCUT2D eigenvalue weighted by Crippen LogP contribution is -2.44. The first kappa shape index (κ1) is 19.5. The number of nitrogens with one attached hydrogen (secondary N) is 1. The van der Waals surface area contributed by atoms with E-state index in [4.69, 9.17) is 4.99 Å². The Balaban J connectivity index is 1.48. The van der Waals surface area contributed by atoms with Crippen LogP contribution in [0.15, 0.2) is 40.9 Å². The highest BCUT2D eigenvalue weighted by Gasteiger charge is 2.19. The van der Waals surface area contributed by atoms with Crippen LogP contribution < -0.4 is 5.32 Å². The summed E-state index contributed by atoms with van der Waals surface area (Å²) in [6, 6.07) is 10.6. The zero-order valence-electron chi connectivity index (χ0n) is 16.5. The molecule has 0 unspecified atom stereocenters. The second-order valence-electron chi connectivity index (χ2n) is 7.27. The number of aliphatic imine (C=N–C) groups is 1. The van der Waals surface area contributed by atoms with Crippen LogP contribution in [-0.2, 0) is 4.79 Å². The summed E-state index contributed by atoms with van der Waals surface area (Å²) in [6.07, 6.45) is 7.17. The van der Waals surface area contributed by atoms with Crippen molar-refractivity contribution in [3.8, 4) is 0 Å². The Hall–Kier alpha value is -2.30. The number of hydrogen-bond donors (Lipinski definition) is 1. The van der Waals surface area contributed by atoms with Gasteiger partial charge in [0.25, 0.3) is 0 Å². The van der Waals surface area contributed by atoms with E-state index in [9.17, 15) is 4.79 Å². The van der Waals surface area contributed by atoms with Crippen molar-refractivity contribution in [3.05, 3.63) is 41.5 Å². The number of amides is 1.